The van der Waals surface area contributed by atoms with Gasteiger partial charge in [0.15, 0.2) is 11.6 Å². The van der Waals surface area contributed by atoms with Crippen molar-refractivity contribution >= 4 is 11.6 Å². The lowest BCUT2D eigenvalue weighted by atomic mass is 10.0. The van der Waals surface area contributed by atoms with Crippen LogP contribution >= 0.6 is 11.6 Å². The monoisotopic (exact) mass is 238 g/mol. The zero-order valence-corrected chi connectivity index (χ0v) is 9.09. The van der Waals surface area contributed by atoms with E-state index in [1.165, 1.54) is 6.07 Å². The van der Waals surface area contributed by atoms with Crippen LogP contribution in [0.4, 0.5) is 8.78 Å². The van der Waals surface area contributed by atoms with Crippen LogP contribution in [-0.4, -0.2) is 0 Å². The minimum absolute atomic E-state index is 0.462. The summed E-state index contributed by atoms with van der Waals surface area (Å²) < 4.78 is 25.8. The number of hydrogen-bond acceptors (Lipinski definition) is 0. The van der Waals surface area contributed by atoms with Crippen LogP contribution in [0.1, 0.15) is 16.5 Å². The van der Waals surface area contributed by atoms with E-state index in [2.05, 4.69) is 0 Å². The van der Waals surface area contributed by atoms with E-state index < -0.39 is 17.0 Å². The van der Waals surface area contributed by atoms with Crippen LogP contribution in [0.5, 0.6) is 0 Å². The first-order valence-electron chi connectivity index (χ1n) is 4.82. The Hall–Kier alpha value is -1.41. The lowest BCUT2D eigenvalue weighted by Gasteiger charge is -2.10. The van der Waals surface area contributed by atoms with Gasteiger partial charge in [0.1, 0.15) is 0 Å². The van der Waals surface area contributed by atoms with Crippen molar-refractivity contribution < 1.29 is 8.78 Å². The molecule has 0 fully saturated rings. The lowest BCUT2D eigenvalue weighted by molar-refractivity contribution is 0.507. The minimum Gasteiger partial charge on any atom is -0.204 e. The van der Waals surface area contributed by atoms with Crippen LogP contribution < -0.4 is 0 Å². The molecule has 16 heavy (non-hydrogen) atoms. The van der Waals surface area contributed by atoms with Gasteiger partial charge in [-0.25, -0.2) is 8.78 Å². The molecule has 0 saturated heterocycles. The molecule has 0 bridgehead atoms. The van der Waals surface area contributed by atoms with Crippen molar-refractivity contribution in [3.63, 3.8) is 0 Å². The third-order valence-electron chi connectivity index (χ3n) is 2.33. The van der Waals surface area contributed by atoms with Gasteiger partial charge < -0.3 is 0 Å². The minimum atomic E-state index is -0.876. The number of hydrogen-bond donors (Lipinski definition) is 0. The summed E-state index contributed by atoms with van der Waals surface area (Å²) >= 11 is 6.17. The number of benzene rings is 2. The maximum Gasteiger partial charge on any atom is 0.159 e. The molecular weight excluding hydrogens is 230 g/mol. The fraction of sp³-hybridized carbons (Fsp3) is 0.0769. The lowest BCUT2D eigenvalue weighted by Crippen LogP contribution is -1.95. The van der Waals surface area contributed by atoms with Gasteiger partial charge in [-0.2, -0.15) is 0 Å². The Kier molecular flexibility index (Phi) is 3.20. The van der Waals surface area contributed by atoms with E-state index in [9.17, 15) is 8.78 Å². The maximum atomic E-state index is 13.0. The van der Waals surface area contributed by atoms with Gasteiger partial charge >= 0.3 is 0 Å². The molecule has 0 amide bonds. The van der Waals surface area contributed by atoms with Crippen LogP contribution in [0.15, 0.2) is 48.5 Å². The van der Waals surface area contributed by atoms with Gasteiger partial charge in [-0.05, 0) is 23.3 Å². The molecule has 0 aliphatic rings. The average molecular weight is 239 g/mol. The predicted molar refractivity (Wildman–Crippen MR) is 60.5 cm³/mol. The number of halogens is 3. The van der Waals surface area contributed by atoms with Crippen molar-refractivity contribution in [2.24, 2.45) is 0 Å². The molecule has 82 valence electrons. The van der Waals surface area contributed by atoms with Crippen LogP contribution in [-0.2, 0) is 0 Å². The SMILES string of the molecule is Fc1ccc(C(Cl)c2ccccc2)cc1F. The molecule has 2 aromatic rings. The Labute approximate surface area is 97.5 Å². The van der Waals surface area contributed by atoms with Crippen molar-refractivity contribution in [1.82, 2.24) is 0 Å². The average Bonchev–Trinajstić information content (AvgIpc) is 2.33. The van der Waals surface area contributed by atoms with Gasteiger partial charge in [0, 0.05) is 0 Å². The highest BCUT2D eigenvalue weighted by Crippen LogP contribution is 2.29. The van der Waals surface area contributed by atoms with E-state index in [4.69, 9.17) is 11.6 Å². The molecule has 2 rings (SSSR count). The zero-order valence-electron chi connectivity index (χ0n) is 8.33. The van der Waals surface area contributed by atoms with Crippen LogP contribution in [0.3, 0.4) is 0 Å². The van der Waals surface area contributed by atoms with E-state index in [1.807, 2.05) is 30.3 Å². The van der Waals surface area contributed by atoms with Crippen LogP contribution in [0.25, 0.3) is 0 Å². The molecule has 2 aromatic carbocycles. The fourth-order valence-corrected chi connectivity index (χ4v) is 1.77. The summed E-state index contributed by atoms with van der Waals surface area (Å²) in [5, 5.41) is -0.462. The molecule has 0 aromatic heterocycles. The maximum absolute atomic E-state index is 13.0. The Morgan fingerprint density at radius 2 is 1.50 bits per heavy atom. The van der Waals surface area contributed by atoms with Gasteiger partial charge in [-0.15, -0.1) is 11.6 Å². The van der Waals surface area contributed by atoms with Crippen molar-refractivity contribution in [2.75, 3.05) is 0 Å². The second-order valence-electron chi connectivity index (χ2n) is 3.45. The summed E-state index contributed by atoms with van der Waals surface area (Å²) in [5.41, 5.74) is 1.40. The Morgan fingerprint density at radius 3 is 2.12 bits per heavy atom. The molecule has 1 atom stereocenters. The Balaban J connectivity index is 2.34. The summed E-state index contributed by atoms with van der Waals surface area (Å²) in [5.74, 6) is -1.74. The Bertz CT molecular complexity index is 483. The molecular formula is C13H9ClF2. The van der Waals surface area contributed by atoms with Gasteiger partial charge in [0.25, 0.3) is 0 Å². The van der Waals surface area contributed by atoms with E-state index in [1.54, 1.807) is 0 Å². The number of rotatable bonds is 2. The first-order valence-corrected chi connectivity index (χ1v) is 5.26. The normalized spacial score (nSPS) is 12.4. The smallest absolute Gasteiger partial charge is 0.159 e. The topological polar surface area (TPSA) is 0 Å². The molecule has 1 unspecified atom stereocenters. The van der Waals surface area contributed by atoms with Crippen molar-refractivity contribution in [3.8, 4) is 0 Å². The van der Waals surface area contributed by atoms with Gasteiger partial charge in [-0.1, -0.05) is 36.4 Å². The molecule has 0 saturated carbocycles. The summed E-state index contributed by atoms with van der Waals surface area (Å²) in [6, 6.07) is 13.0. The van der Waals surface area contributed by atoms with E-state index in [0.29, 0.717) is 5.56 Å². The quantitative estimate of drug-likeness (QED) is 0.685. The largest absolute Gasteiger partial charge is 0.204 e. The molecule has 0 radical (unpaired) electrons. The summed E-state index contributed by atoms with van der Waals surface area (Å²) in [7, 11) is 0. The van der Waals surface area contributed by atoms with E-state index in [0.717, 1.165) is 17.7 Å². The zero-order chi connectivity index (χ0) is 11.5. The second-order valence-corrected chi connectivity index (χ2v) is 3.88. The third-order valence-corrected chi connectivity index (χ3v) is 2.83. The summed E-state index contributed by atoms with van der Waals surface area (Å²) in [6.45, 7) is 0. The molecule has 0 N–H and O–H groups in total. The first kappa shape index (κ1) is 11.1. The summed E-state index contributed by atoms with van der Waals surface area (Å²) in [4.78, 5) is 0. The highest BCUT2D eigenvalue weighted by molar-refractivity contribution is 6.22. The van der Waals surface area contributed by atoms with Crippen molar-refractivity contribution in [2.45, 2.75) is 5.38 Å². The van der Waals surface area contributed by atoms with E-state index in [-0.39, 0.29) is 0 Å². The first-order chi connectivity index (χ1) is 7.68. The molecule has 0 spiro atoms. The standard InChI is InChI=1S/C13H9ClF2/c14-13(9-4-2-1-3-5-9)10-6-7-11(15)12(16)8-10/h1-8,13H. The van der Waals surface area contributed by atoms with Gasteiger partial charge in [-0.3, -0.25) is 0 Å². The van der Waals surface area contributed by atoms with Crippen molar-refractivity contribution in [1.29, 1.82) is 0 Å². The van der Waals surface area contributed by atoms with Gasteiger partial charge in [0.05, 0.1) is 5.38 Å². The molecule has 0 nitrogen and oxygen atoms in total. The molecule has 0 aliphatic heterocycles. The van der Waals surface area contributed by atoms with E-state index >= 15 is 0 Å². The Morgan fingerprint density at radius 1 is 0.812 bits per heavy atom. The predicted octanol–water partition coefficient (Wildman–Crippen LogP) is 4.29. The third kappa shape index (κ3) is 2.22. The van der Waals surface area contributed by atoms with Crippen LogP contribution in [0, 0.1) is 11.6 Å². The second kappa shape index (κ2) is 4.62. The highest BCUT2D eigenvalue weighted by atomic mass is 35.5. The van der Waals surface area contributed by atoms with Gasteiger partial charge in [0.2, 0.25) is 0 Å². The van der Waals surface area contributed by atoms with Crippen molar-refractivity contribution in [3.05, 3.63) is 71.3 Å². The molecule has 0 heterocycles. The molecule has 3 heteroatoms. The summed E-state index contributed by atoms with van der Waals surface area (Å²) in [6.07, 6.45) is 0. The fourth-order valence-electron chi connectivity index (χ4n) is 1.48. The number of alkyl halides is 1. The van der Waals surface area contributed by atoms with Crippen LogP contribution in [0.2, 0.25) is 0 Å². The molecule has 0 aliphatic carbocycles. The highest BCUT2D eigenvalue weighted by Gasteiger charge is 2.12.